The van der Waals surface area contributed by atoms with Gasteiger partial charge < -0.3 is 9.84 Å². The number of fused-ring (bicyclic) bond motifs is 4. The van der Waals surface area contributed by atoms with Crippen molar-refractivity contribution in [2.45, 2.75) is 56.9 Å². The molecule has 0 aromatic heterocycles. The van der Waals surface area contributed by atoms with Crippen molar-refractivity contribution in [2.75, 3.05) is 19.5 Å². The summed E-state index contributed by atoms with van der Waals surface area (Å²) in [5.41, 5.74) is -4.39. The molecule has 1 N–H and O–H groups in total. The van der Waals surface area contributed by atoms with Crippen molar-refractivity contribution in [3.63, 3.8) is 0 Å². The van der Waals surface area contributed by atoms with E-state index in [-0.39, 0.29) is 30.6 Å². The summed E-state index contributed by atoms with van der Waals surface area (Å²) >= 11 is 0. The number of halogens is 1. The van der Waals surface area contributed by atoms with Gasteiger partial charge in [0.15, 0.2) is 17.2 Å². The molecule has 1 aliphatic heterocycles. The third kappa shape index (κ3) is 2.48. The van der Waals surface area contributed by atoms with Crippen LogP contribution in [0.5, 0.6) is 0 Å². The van der Waals surface area contributed by atoms with E-state index >= 15 is 4.39 Å². The Hall–Kier alpha value is -1.42. The highest BCUT2D eigenvalue weighted by atomic mass is 32.2. The maximum Gasteiger partial charge on any atom is 0.264 e. The van der Waals surface area contributed by atoms with E-state index in [1.54, 1.807) is 13.0 Å². The fourth-order valence-corrected chi connectivity index (χ4v) is 8.25. The Morgan fingerprint density at radius 2 is 2.09 bits per heavy atom. The number of carbonyl (C=O) groups is 2. The van der Waals surface area contributed by atoms with Crippen molar-refractivity contribution < 1.29 is 36.4 Å². The van der Waals surface area contributed by atoms with E-state index < -0.39 is 56.6 Å². The highest BCUT2D eigenvalue weighted by Crippen LogP contribution is 2.74. The quantitative estimate of drug-likeness (QED) is 0.628. The van der Waals surface area contributed by atoms with E-state index in [9.17, 15) is 23.1 Å². The Balaban J connectivity index is 1.54. The van der Waals surface area contributed by atoms with Crippen LogP contribution in [0.1, 0.15) is 39.5 Å². The molecule has 1 spiro atoms. The second-order valence-electron chi connectivity index (χ2n) is 10.6. The van der Waals surface area contributed by atoms with Gasteiger partial charge in [0.25, 0.3) is 10.1 Å². The number of hydrogen-bond acceptors (Lipinski definition) is 7. The Morgan fingerprint density at radius 1 is 1.38 bits per heavy atom. The summed E-state index contributed by atoms with van der Waals surface area (Å²) in [4.78, 5) is 25.2. The molecule has 9 heteroatoms. The number of alkyl halides is 1. The number of ether oxygens (including phenoxy) is 1. The SMILES string of the molecule is C[C@@H]1C[C@H]2[C@@H]3CCC4=CC(=O)C=C[C@]4(C)[C@@]3(F)[C@@H](O)C[C@@]23CO[C@]13C(=O)COS(C)(=O)=O. The summed E-state index contributed by atoms with van der Waals surface area (Å²) in [7, 11) is -3.81. The molecule has 5 rings (SSSR count). The molecule has 8 atom stereocenters. The number of ketones is 2. The average Bonchev–Trinajstić information content (AvgIpc) is 2.85. The number of aliphatic hydroxyl groups is 1. The van der Waals surface area contributed by atoms with E-state index in [2.05, 4.69) is 0 Å². The van der Waals surface area contributed by atoms with Crippen LogP contribution < -0.4 is 0 Å². The number of rotatable bonds is 4. The van der Waals surface area contributed by atoms with Crippen LogP contribution in [0.15, 0.2) is 23.8 Å². The van der Waals surface area contributed by atoms with Crippen LogP contribution in [0.4, 0.5) is 4.39 Å². The predicted molar refractivity (Wildman–Crippen MR) is 112 cm³/mol. The van der Waals surface area contributed by atoms with Gasteiger partial charge in [-0.25, -0.2) is 4.39 Å². The minimum absolute atomic E-state index is 0.0459. The molecule has 0 unspecified atom stereocenters. The molecule has 176 valence electrons. The average molecular weight is 469 g/mol. The highest BCUT2D eigenvalue weighted by molar-refractivity contribution is 7.86. The summed E-state index contributed by atoms with van der Waals surface area (Å²) < 4.78 is 50.7. The first-order valence-corrected chi connectivity index (χ1v) is 13.0. The number of allylic oxidation sites excluding steroid dienone is 4. The van der Waals surface area contributed by atoms with E-state index in [0.717, 1.165) is 6.26 Å². The number of Topliss-reactive ketones (excluding diaryl/α,β-unsaturated/α-hetero) is 1. The van der Waals surface area contributed by atoms with Crippen LogP contribution in [0.25, 0.3) is 0 Å². The molecule has 7 nitrogen and oxygen atoms in total. The molecule has 1 heterocycles. The van der Waals surface area contributed by atoms with Gasteiger partial charge >= 0.3 is 0 Å². The first-order chi connectivity index (χ1) is 14.8. The van der Waals surface area contributed by atoms with Crippen LogP contribution >= 0.6 is 0 Å². The summed E-state index contributed by atoms with van der Waals surface area (Å²) in [6, 6.07) is 0. The number of hydrogen-bond donors (Lipinski definition) is 1. The van der Waals surface area contributed by atoms with Gasteiger partial charge in [0.05, 0.1) is 19.0 Å². The van der Waals surface area contributed by atoms with Crippen LogP contribution in [0.3, 0.4) is 0 Å². The molecule has 0 amide bonds. The first-order valence-electron chi connectivity index (χ1n) is 11.1. The zero-order valence-corrected chi connectivity index (χ0v) is 19.3. The minimum atomic E-state index is -3.81. The third-order valence-corrected chi connectivity index (χ3v) is 9.83. The second-order valence-corrected chi connectivity index (χ2v) is 12.2. The fraction of sp³-hybridized carbons (Fsp3) is 0.739. The summed E-state index contributed by atoms with van der Waals surface area (Å²) in [6.07, 6.45) is 5.62. The lowest BCUT2D eigenvalue weighted by Crippen LogP contribution is -2.76. The lowest BCUT2D eigenvalue weighted by Gasteiger charge is -2.67. The van der Waals surface area contributed by atoms with Crippen molar-refractivity contribution in [3.05, 3.63) is 23.8 Å². The second kappa shape index (κ2) is 6.58. The fourth-order valence-electron chi connectivity index (χ4n) is 7.93. The third-order valence-electron chi connectivity index (χ3n) is 9.28. The van der Waals surface area contributed by atoms with Crippen molar-refractivity contribution in [1.82, 2.24) is 0 Å². The van der Waals surface area contributed by atoms with Gasteiger partial charge in [0.1, 0.15) is 12.2 Å². The molecular weight excluding hydrogens is 439 g/mol. The monoisotopic (exact) mass is 468 g/mol. The molecule has 32 heavy (non-hydrogen) atoms. The van der Waals surface area contributed by atoms with E-state index in [4.69, 9.17) is 8.92 Å². The summed E-state index contributed by atoms with van der Waals surface area (Å²) in [6.45, 7) is 3.22. The van der Waals surface area contributed by atoms with Crippen molar-refractivity contribution in [1.29, 1.82) is 0 Å². The standard InChI is InChI=1S/C23H29FO7S/c1-13-8-17-16-5-4-14-9-15(25)6-7-20(14,2)22(16,24)18(26)10-21(17)12-30-23(13,21)19(27)11-31-32(3,28)29/h6-7,9,13,16-18,26H,4-5,8,10-12H2,1-3H3/t13-,16+,17+,18+,20+,21-,22+,23+/m1/s1. The molecule has 4 aliphatic carbocycles. The molecule has 0 bridgehead atoms. The lowest BCUT2D eigenvalue weighted by molar-refractivity contribution is -0.309. The Bertz CT molecular complexity index is 1070. The number of aliphatic hydroxyl groups excluding tert-OH is 1. The molecule has 4 fully saturated rings. The van der Waals surface area contributed by atoms with Gasteiger partial charge in [0.2, 0.25) is 0 Å². The molecule has 0 radical (unpaired) electrons. The Labute approximate surface area is 187 Å². The molecular formula is C23H29FO7S. The number of carbonyl (C=O) groups excluding carboxylic acids is 2. The van der Waals surface area contributed by atoms with Crippen LogP contribution in [-0.2, 0) is 28.6 Å². The van der Waals surface area contributed by atoms with Gasteiger partial charge in [-0.3, -0.25) is 13.8 Å². The van der Waals surface area contributed by atoms with Gasteiger partial charge in [-0.1, -0.05) is 18.6 Å². The topological polar surface area (TPSA) is 107 Å². The van der Waals surface area contributed by atoms with Crippen LogP contribution in [0.2, 0.25) is 0 Å². The zero-order valence-electron chi connectivity index (χ0n) is 18.5. The minimum Gasteiger partial charge on any atom is -0.390 e. The largest absolute Gasteiger partial charge is 0.390 e. The molecule has 1 saturated heterocycles. The van der Waals surface area contributed by atoms with Crippen molar-refractivity contribution in [3.8, 4) is 0 Å². The summed E-state index contributed by atoms with van der Waals surface area (Å²) in [5.74, 6) is -1.61. The lowest BCUT2D eigenvalue weighted by atomic mass is 9.43. The van der Waals surface area contributed by atoms with Crippen molar-refractivity contribution in [2.24, 2.45) is 28.6 Å². The first kappa shape index (κ1) is 22.4. The maximum absolute atomic E-state index is 17.1. The summed E-state index contributed by atoms with van der Waals surface area (Å²) in [5, 5.41) is 11.3. The van der Waals surface area contributed by atoms with E-state index in [1.165, 1.54) is 12.2 Å². The van der Waals surface area contributed by atoms with Crippen molar-refractivity contribution >= 4 is 21.7 Å². The Morgan fingerprint density at radius 3 is 2.72 bits per heavy atom. The van der Waals surface area contributed by atoms with Crippen LogP contribution in [0, 0.1) is 28.6 Å². The molecule has 0 aromatic carbocycles. The normalized spacial score (nSPS) is 49.3. The Kier molecular flexibility index (Phi) is 4.60. The van der Waals surface area contributed by atoms with E-state index in [0.29, 0.717) is 24.8 Å². The predicted octanol–water partition coefficient (Wildman–Crippen LogP) is 1.90. The van der Waals surface area contributed by atoms with Gasteiger partial charge in [-0.05, 0) is 56.6 Å². The van der Waals surface area contributed by atoms with Gasteiger partial charge in [-0.15, -0.1) is 0 Å². The molecule has 5 aliphatic rings. The van der Waals surface area contributed by atoms with Gasteiger partial charge in [-0.2, -0.15) is 8.42 Å². The molecule has 3 saturated carbocycles. The van der Waals surface area contributed by atoms with E-state index in [1.807, 2.05) is 6.92 Å². The van der Waals surface area contributed by atoms with Crippen LogP contribution in [-0.4, -0.2) is 61.9 Å². The zero-order chi connectivity index (χ0) is 23.3. The van der Waals surface area contributed by atoms with Gasteiger partial charge in [0, 0.05) is 16.7 Å². The molecule has 0 aromatic rings. The smallest absolute Gasteiger partial charge is 0.264 e. The highest BCUT2D eigenvalue weighted by Gasteiger charge is 2.81. The maximum atomic E-state index is 17.1.